The molecule has 1 aromatic heterocycles. The molecule has 2 N–H and O–H groups in total. The van der Waals surface area contributed by atoms with E-state index in [9.17, 15) is 17.6 Å². The first kappa shape index (κ1) is 15.5. The molecule has 0 fully saturated rings. The Morgan fingerprint density at radius 3 is 2.67 bits per heavy atom. The highest BCUT2D eigenvalue weighted by atomic mass is 32.2. The van der Waals surface area contributed by atoms with Crippen molar-refractivity contribution in [2.75, 3.05) is 0 Å². The largest absolute Gasteiger partial charge is 0.476 e. The van der Waals surface area contributed by atoms with Gasteiger partial charge >= 0.3 is 5.97 Å². The van der Waals surface area contributed by atoms with Gasteiger partial charge in [-0.1, -0.05) is 12.1 Å². The summed E-state index contributed by atoms with van der Waals surface area (Å²) in [6.45, 7) is 1.50. The lowest BCUT2D eigenvalue weighted by Gasteiger charge is -2.12. The van der Waals surface area contributed by atoms with Crippen LogP contribution in [0.2, 0.25) is 0 Å². The second-order valence-electron chi connectivity index (χ2n) is 4.15. The van der Waals surface area contributed by atoms with E-state index in [1.54, 1.807) is 0 Å². The number of aromatic carboxylic acids is 1. The molecule has 0 spiro atoms. The number of sulfonamides is 1. The fourth-order valence-corrected chi connectivity index (χ4v) is 3.76. The number of hydrogen-bond acceptors (Lipinski definition) is 5. The lowest BCUT2D eigenvalue weighted by Crippen LogP contribution is -2.27. The van der Waals surface area contributed by atoms with Gasteiger partial charge in [0.2, 0.25) is 10.0 Å². The van der Waals surface area contributed by atoms with E-state index in [-0.39, 0.29) is 10.7 Å². The molecule has 2 aromatic rings. The molecule has 1 atom stereocenters. The van der Waals surface area contributed by atoms with Gasteiger partial charge in [-0.15, -0.1) is 11.3 Å². The molecule has 0 amide bonds. The molecule has 0 radical (unpaired) electrons. The zero-order valence-electron chi connectivity index (χ0n) is 10.8. The maximum atomic E-state index is 13.5. The van der Waals surface area contributed by atoms with E-state index >= 15 is 0 Å². The van der Waals surface area contributed by atoms with Crippen molar-refractivity contribution in [3.63, 3.8) is 0 Å². The Kier molecular flexibility index (Phi) is 4.35. The van der Waals surface area contributed by atoms with Crippen LogP contribution in [0.4, 0.5) is 4.39 Å². The first-order valence-corrected chi connectivity index (χ1v) is 8.13. The molecule has 21 heavy (non-hydrogen) atoms. The van der Waals surface area contributed by atoms with Gasteiger partial charge in [0.25, 0.3) is 0 Å². The topological polar surface area (TPSA) is 96.4 Å². The zero-order valence-corrected chi connectivity index (χ0v) is 12.4. The molecule has 0 saturated carbocycles. The predicted molar refractivity (Wildman–Crippen MR) is 74.2 cm³/mol. The minimum absolute atomic E-state index is 0.160. The third kappa shape index (κ3) is 3.43. The summed E-state index contributed by atoms with van der Waals surface area (Å²) in [5, 5.41) is 10.4. The average Bonchev–Trinajstić information content (AvgIpc) is 2.88. The van der Waals surface area contributed by atoms with Crippen LogP contribution >= 0.6 is 11.3 Å². The Balaban J connectivity index is 2.24. The molecular weight excluding hydrogens is 319 g/mol. The van der Waals surface area contributed by atoms with Gasteiger partial charge in [-0.3, -0.25) is 0 Å². The smallest absolute Gasteiger partial charge is 0.355 e. The molecule has 0 aliphatic carbocycles. The number of carboxylic acid groups (broad SMARTS) is 1. The Morgan fingerprint density at radius 2 is 2.10 bits per heavy atom. The molecule has 6 nitrogen and oxygen atoms in total. The summed E-state index contributed by atoms with van der Waals surface area (Å²) in [4.78, 5) is 14.1. The fraction of sp³-hybridized carbons (Fsp3) is 0.167. The van der Waals surface area contributed by atoms with Crippen LogP contribution in [0.5, 0.6) is 0 Å². The molecule has 9 heteroatoms. The number of carbonyl (C=O) groups is 1. The summed E-state index contributed by atoms with van der Waals surface area (Å²) in [6.07, 6.45) is 0. The van der Waals surface area contributed by atoms with E-state index < -0.39 is 32.7 Å². The number of hydrogen-bond donors (Lipinski definition) is 2. The number of rotatable bonds is 5. The van der Waals surface area contributed by atoms with E-state index in [4.69, 9.17) is 5.11 Å². The third-order valence-corrected chi connectivity index (χ3v) is 5.17. The minimum atomic E-state index is -4.06. The summed E-state index contributed by atoms with van der Waals surface area (Å²) in [5.74, 6) is -2.05. The molecule has 1 aromatic carbocycles. The first-order valence-electron chi connectivity index (χ1n) is 5.77. The second-order valence-corrected chi connectivity index (χ2v) is 6.72. The molecule has 0 aliphatic heterocycles. The van der Waals surface area contributed by atoms with Crippen molar-refractivity contribution >= 4 is 27.3 Å². The molecule has 0 aliphatic rings. The number of aromatic nitrogens is 1. The van der Waals surface area contributed by atoms with Crippen molar-refractivity contribution in [3.8, 4) is 0 Å². The Labute approximate surface area is 124 Å². The number of carboxylic acids is 1. The summed E-state index contributed by atoms with van der Waals surface area (Å²) in [7, 11) is -4.06. The monoisotopic (exact) mass is 330 g/mol. The number of benzene rings is 1. The summed E-state index contributed by atoms with van der Waals surface area (Å²) in [6, 6.07) is 4.22. The van der Waals surface area contributed by atoms with Crippen molar-refractivity contribution in [1.29, 1.82) is 0 Å². The van der Waals surface area contributed by atoms with E-state index in [1.165, 1.54) is 24.4 Å². The minimum Gasteiger partial charge on any atom is -0.476 e. The van der Waals surface area contributed by atoms with Crippen LogP contribution < -0.4 is 4.72 Å². The van der Waals surface area contributed by atoms with Gasteiger partial charge in [-0.25, -0.2) is 27.3 Å². The molecule has 112 valence electrons. The SMILES string of the molecule is CC(NS(=O)(=O)c1ccccc1F)c1nc(C(=O)O)cs1. The second kappa shape index (κ2) is 5.88. The van der Waals surface area contributed by atoms with Gasteiger partial charge in [-0.2, -0.15) is 0 Å². The van der Waals surface area contributed by atoms with Crippen LogP contribution in [-0.4, -0.2) is 24.5 Å². The Hall–Kier alpha value is -1.84. The van der Waals surface area contributed by atoms with Gasteiger partial charge in [0.1, 0.15) is 15.7 Å². The van der Waals surface area contributed by atoms with Crippen LogP contribution in [0.25, 0.3) is 0 Å². The molecular formula is C12H11FN2O4S2. The maximum Gasteiger partial charge on any atom is 0.355 e. The standard InChI is InChI=1S/C12H11FN2O4S2/c1-7(11-14-9(6-20-11)12(16)17)15-21(18,19)10-5-3-2-4-8(10)13/h2-7,15H,1H3,(H,16,17). The third-order valence-electron chi connectivity index (χ3n) is 2.57. The zero-order chi connectivity index (χ0) is 15.6. The summed E-state index contributed by atoms with van der Waals surface area (Å²) < 4.78 is 40.0. The van der Waals surface area contributed by atoms with E-state index in [2.05, 4.69) is 9.71 Å². The highest BCUT2D eigenvalue weighted by Crippen LogP contribution is 2.21. The molecule has 1 heterocycles. The van der Waals surface area contributed by atoms with Crippen molar-refractivity contribution in [3.05, 3.63) is 46.2 Å². The molecule has 0 bridgehead atoms. The van der Waals surface area contributed by atoms with E-state index in [1.807, 2.05) is 0 Å². The van der Waals surface area contributed by atoms with Gasteiger partial charge in [0.05, 0.1) is 6.04 Å². The normalized spacial score (nSPS) is 13.0. The average molecular weight is 330 g/mol. The number of nitrogens with zero attached hydrogens (tertiary/aromatic N) is 1. The predicted octanol–water partition coefficient (Wildman–Crippen LogP) is 2.02. The first-order chi connectivity index (χ1) is 9.81. The van der Waals surface area contributed by atoms with Crippen molar-refractivity contribution in [2.45, 2.75) is 17.9 Å². The summed E-state index contributed by atoms with van der Waals surface area (Å²) in [5.41, 5.74) is -0.160. The molecule has 0 saturated heterocycles. The van der Waals surface area contributed by atoms with Crippen molar-refractivity contribution in [2.24, 2.45) is 0 Å². The van der Waals surface area contributed by atoms with Gasteiger partial charge in [0, 0.05) is 5.38 Å². The van der Waals surface area contributed by atoms with E-state index in [0.29, 0.717) is 0 Å². The van der Waals surface area contributed by atoms with Crippen LogP contribution in [0, 0.1) is 5.82 Å². The lowest BCUT2D eigenvalue weighted by atomic mass is 10.3. The van der Waals surface area contributed by atoms with Crippen LogP contribution in [-0.2, 0) is 10.0 Å². The highest BCUT2D eigenvalue weighted by molar-refractivity contribution is 7.89. The fourth-order valence-electron chi connectivity index (χ4n) is 1.59. The molecule has 2 rings (SSSR count). The van der Waals surface area contributed by atoms with E-state index in [0.717, 1.165) is 23.5 Å². The lowest BCUT2D eigenvalue weighted by molar-refractivity contribution is 0.0691. The number of halogens is 1. The van der Waals surface area contributed by atoms with Gasteiger partial charge in [0.15, 0.2) is 5.69 Å². The quantitative estimate of drug-likeness (QED) is 0.874. The van der Waals surface area contributed by atoms with Gasteiger partial charge < -0.3 is 5.11 Å². The maximum absolute atomic E-state index is 13.5. The van der Waals surface area contributed by atoms with Gasteiger partial charge in [-0.05, 0) is 19.1 Å². The highest BCUT2D eigenvalue weighted by Gasteiger charge is 2.23. The summed E-state index contributed by atoms with van der Waals surface area (Å²) >= 11 is 1.01. The van der Waals surface area contributed by atoms with Crippen LogP contribution in [0.3, 0.4) is 0 Å². The number of nitrogens with one attached hydrogen (secondary N) is 1. The molecule has 1 unspecified atom stereocenters. The van der Waals surface area contributed by atoms with Crippen molar-refractivity contribution < 1.29 is 22.7 Å². The van der Waals surface area contributed by atoms with Crippen LogP contribution in [0.1, 0.15) is 28.5 Å². The number of thiazole rings is 1. The Bertz CT molecular complexity index is 773. The Morgan fingerprint density at radius 1 is 1.43 bits per heavy atom. The van der Waals surface area contributed by atoms with Crippen LogP contribution in [0.15, 0.2) is 34.5 Å². The van der Waals surface area contributed by atoms with Crippen molar-refractivity contribution in [1.82, 2.24) is 9.71 Å².